The van der Waals surface area contributed by atoms with Crippen molar-refractivity contribution in [2.75, 3.05) is 6.54 Å². The number of furan rings is 1. The van der Waals surface area contributed by atoms with Crippen molar-refractivity contribution >= 4 is 48.7 Å². The Morgan fingerprint density at radius 3 is 2.42 bits per heavy atom. The zero-order valence-corrected chi connectivity index (χ0v) is 27.5. The van der Waals surface area contributed by atoms with Crippen LogP contribution in [0.4, 0.5) is 0 Å². The fourth-order valence-corrected chi connectivity index (χ4v) is 7.43. The molecule has 1 saturated carbocycles. The quantitative estimate of drug-likeness (QED) is 0.188. The molecule has 1 atom stereocenters. The minimum Gasteiger partial charge on any atom is -0.455 e. The lowest BCUT2D eigenvalue weighted by atomic mass is 10.0. The van der Waals surface area contributed by atoms with Crippen LogP contribution in [0, 0.1) is 0 Å². The average molecular weight is 692 g/mol. The number of nitrogens with one attached hydrogen (secondary N) is 2. The maximum atomic E-state index is 13.3. The Labute approximate surface area is 271 Å². The second-order valence-electron chi connectivity index (χ2n) is 11.3. The van der Waals surface area contributed by atoms with Crippen molar-refractivity contribution in [1.29, 1.82) is 0 Å². The van der Waals surface area contributed by atoms with E-state index in [1.165, 1.54) is 12.1 Å². The van der Waals surface area contributed by atoms with E-state index in [4.69, 9.17) is 4.42 Å². The van der Waals surface area contributed by atoms with Crippen LogP contribution in [0.15, 0.2) is 98.5 Å². The molecular formula is C34H35BrN4O5S. The molecule has 3 aromatic carbocycles. The van der Waals surface area contributed by atoms with Crippen molar-refractivity contribution in [2.24, 2.45) is 0 Å². The van der Waals surface area contributed by atoms with Gasteiger partial charge in [-0.15, -0.1) is 0 Å². The number of likely N-dealkylation sites (N-methyl/N-ethyl adjacent to an activating group) is 1. The highest BCUT2D eigenvalue weighted by Gasteiger charge is 2.41. The van der Waals surface area contributed by atoms with Crippen molar-refractivity contribution < 1.29 is 22.4 Å². The Hall–Kier alpha value is -4.09. The summed E-state index contributed by atoms with van der Waals surface area (Å²) in [6.45, 7) is 5.18. The number of amides is 2. The third-order valence-corrected chi connectivity index (χ3v) is 10.2. The summed E-state index contributed by atoms with van der Waals surface area (Å²) < 4.78 is 34.8. The molecule has 1 aliphatic carbocycles. The fourth-order valence-electron chi connectivity index (χ4n) is 5.84. The van der Waals surface area contributed by atoms with Crippen molar-refractivity contribution in [3.05, 3.63) is 100 Å². The second kappa shape index (κ2) is 12.7. The predicted octanol–water partition coefficient (Wildman–Crippen LogP) is 6.36. The number of rotatable bonds is 11. The molecule has 1 aliphatic heterocycles. The molecule has 1 aromatic heterocycles. The van der Waals surface area contributed by atoms with Gasteiger partial charge in [-0.25, -0.2) is 13.1 Å². The van der Waals surface area contributed by atoms with E-state index in [0.29, 0.717) is 46.2 Å². The van der Waals surface area contributed by atoms with Crippen molar-refractivity contribution in [3.63, 3.8) is 0 Å². The molecule has 4 aromatic rings. The van der Waals surface area contributed by atoms with Gasteiger partial charge in [0.05, 0.1) is 14.9 Å². The summed E-state index contributed by atoms with van der Waals surface area (Å²) in [7, 11) is -4.07. The lowest BCUT2D eigenvalue weighted by molar-refractivity contribution is -0.119. The number of carbonyl (C=O) groups is 2. The Balaban J connectivity index is 1.31. The van der Waals surface area contributed by atoms with Gasteiger partial charge in [-0.1, -0.05) is 55.8 Å². The number of fused-ring (bicyclic) bond motifs is 1. The van der Waals surface area contributed by atoms with Crippen LogP contribution in [0.3, 0.4) is 0 Å². The van der Waals surface area contributed by atoms with E-state index in [1.54, 1.807) is 42.5 Å². The normalized spacial score (nSPS) is 16.6. The van der Waals surface area contributed by atoms with Gasteiger partial charge in [-0.05, 0) is 78.0 Å². The first kappa shape index (κ1) is 30.9. The predicted molar refractivity (Wildman–Crippen MR) is 176 cm³/mol. The van der Waals surface area contributed by atoms with E-state index >= 15 is 0 Å². The highest BCUT2D eigenvalue weighted by Crippen LogP contribution is 2.41. The minimum absolute atomic E-state index is 0.00196. The number of benzene rings is 3. The zero-order valence-electron chi connectivity index (χ0n) is 25.1. The van der Waals surface area contributed by atoms with Crippen LogP contribution in [0.5, 0.6) is 0 Å². The lowest BCUT2D eigenvalue weighted by Gasteiger charge is -2.34. The van der Waals surface area contributed by atoms with Crippen LogP contribution in [0.1, 0.15) is 55.5 Å². The molecule has 0 spiro atoms. The molecule has 0 saturated heterocycles. The first-order chi connectivity index (χ1) is 21.7. The van der Waals surface area contributed by atoms with Gasteiger partial charge < -0.3 is 19.5 Å². The smallest absolute Gasteiger partial charge is 0.269 e. The van der Waals surface area contributed by atoms with Crippen LogP contribution in [0.2, 0.25) is 0 Å². The van der Waals surface area contributed by atoms with Gasteiger partial charge in [0.15, 0.2) is 0 Å². The summed E-state index contributed by atoms with van der Waals surface area (Å²) in [5, 5.41) is 3.78. The molecule has 9 nitrogen and oxygen atoms in total. The zero-order chi connectivity index (χ0) is 31.7. The molecular weight excluding hydrogens is 656 g/mol. The largest absolute Gasteiger partial charge is 0.455 e. The van der Waals surface area contributed by atoms with Gasteiger partial charge in [0, 0.05) is 36.3 Å². The Morgan fingerprint density at radius 1 is 0.978 bits per heavy atom. The van der Waals surface area contributed by atoms with Crippen LogP contribution < -0.4 is 10.0 Å². The van der Waals surface area contributed by atoms with Gasteiger partial charge in [0.2, 0.25) is 0 Å². The number of halogens is 1. The fraction of sp³-hybridized carbons (Fsp3) is 0.294. The standard InChI is InChI=1S/C34H35BrN4O5S/c1-3-10-30-38(23-16-17-23)21-28(34(41)36-4-2)39(30)20-22-15-18-29-27(19-22)31(35)32(44-29)25-13-8-9-14-26(25)33(40)37-45(42,43)24-11-6-5-7-12-24/h5-9,11-15,18-19,21,23,30H,3-4,10,16-17,20H2,1-2H3,(H,36,41)(H,37,40). The van der Waals surface area contributed by atoms with E-state index < -0.39 is 15.9 Å². The number of carbonyl (C=O) groups excluding carboxylic acids is 2. The lowest BCUT2D eigenvalue weighted by Crippen LogP contribution is -2.42. The number of nitrogens with zero attached hydrogens (tertiary/aromatic N) is 2. The van der Waals surface area contributed by atoms with Crippen LogP contribution in [0.25, 0.3) is 22.3 Å². The van der Waals surface area contributed by atoms with E-state index in [1.807, 2.05) is 31.3 Å². The average Bonchev–Trinajstić information content (AvgIpc) is 3.75. The van der Waals surface area contributed by atoms with E-state index in [9.17, 15) is 18.0 Å². The van der Waals surface area contributed by atoms with Gasteiger partial charge >= 0.3 is 0 Å². The summed E-state index contributed by atoms with van der Waals surface area (Å²) in [5.74, 6) is -0.417. The first-order valence-corrected chi connectivity index (χ1v) is 17.5. The molecule has 2 aliphatic rings. The summed E-state index contributed by atoms with van der Waals surface area (Å²) in [6.07, 6.45) is 6.36. The minimum atomic E-state index is -4.07. The molecule has 234 valence electrons. The Kier molecular flexibility index (Phi) is 8.74. The van der Waals surface area contributed by atoms with E-state index in [2.05, 4.69) is 42.7 Å². The third kappa shape index (κ3) is 6.24. The first-order valence-electron chi connectivity index (χ1n) is 15.2. The molecule has 0 bridgehead atoms. The van der Waals surface area contributed by atoms with Gasteiger partial charge in [0.1, 0.15) is 23.2 Å². The molecule has 2 N–H and O–H groups in total. The molecule has 1 fully saturated rings. The van der Waals surface area contributed by atoms with Crippen LogP contribution >= 0.6 is 15.9 Å². The molecule has 1 unspecified atom stereocenters. The monoisotopic (exact) mass is 690 g/mol. The van der Waals surface area contributed by atoms with Crippen molar-refractivity contribution in [2.45, 2.75) is 63.2 Å². The number of hydrogen-bond acceptors (Lipinski definition) is 7. The maximum Gasteiger partial charge on any atom is 0.269 e. The summed E-state index contributed by atoms with van der Waals surface area (Å²) in [4.78, 5) is 31.0. The van der Waals surface area contributed by atoms with E-state index in [0.717, 1.165) is 36.6 Å². The highest BCUT2D eigenvalue weighted by atomic mass is 79.9. The third-order valence-electron chi connectivity index (χ3n) is 8.11. The summed E-state index contributed by atoms with van der Waals surface area (Å²) >= 11 is 3.71. The Morgan fingerprint density at radius 2 is 1.71 bits per heavy atom. The molecule has 6 rings (SSSR count). The number of hydrogen-bond donors (Lipinski definition) is 2. The highest BCUT2D eigenvalue weighted by molar-refractivity contribution is 9.10. The number of sulfonamides is 1. The summed E-state index contributed by atoms with van der Waals surface area (Å²) in [6, 6.07) is 20.9. The SMILES string of the molecule is CCCC1N(Cc2ccc3oc(-c4ccccc4C(=O)NS(=O)(=O)c4ccccc4)c(Br)c3c2)C(C(=O)NCC)=CN1C1CC1. The Bertz CT molecular complexity index is 1890. The molecule has 2 amide bonds. The van der Waals surface area contributed by atoms with Crippen molar-refractivity contribution in [3.8, 4) is 11.3 Å². The topological polar surface area (TPSA) is 112 Å². The summed E-state index contributed by atoms with van der Waals surface area (Å²) in [5.41, 5.74) is 2.91. The van der Waals surface area contributed by atoms with Crippen LogP contribution in [-0.4, -0.2) is 48.8 Å². The molecule has 11 heteroatoms. The van der Waals surface area contributed by atoms with Gasteiger partial charge in [0.25, 0.3) is 21.8 Å². The second-order valence-corrected chi connectivity index (χ2v) is 13.8. The maximum absolute atomic E-state index is 13.3. The molecule has 2 heterocycles. The van der Waals surface area contributed by atoms with E-state index in [-0.39, 0.29) is 22.5 Å². The van der Waals surface area contributed by atoms with Crippen molar-refractivity contribution in [1.82, 2.24) is 19.8 Å². The molecule has 0 radical (unpaired) electrons. The van der Waals surface area contributed by atoms with Crippen LogP contribution in [-0.2, 0) is 21.4 Å². The van der Waals surface area contributed by atoms with Gasteiger partial charge in [-0.3, -0.25) is 9.59 Å². The molecule has 45 heavy (non-hydrogen) atoms. The van der Waals surface area contributed by atoms with Gasteiger partial charge in [-0.2, -0.15) is 0 Å².